The lowest BCUT2D eigenvalue weighted by Crippen LogP contribution is -2.46. The Kier molecular flexibility index (Phi) is 5.85. The van der Waals surface area contributed by atoms with E-state index in [0.717, 1.165) is 45.6 Å². The minimum Gasteiger partial charge on any atom is -0.343 e. The molecular formula is C19H28FN3O. The summed E-state index contributed by atoms with van der Waals surface area (Å²) in [5, 5.41) is 3.70. The maximum Gasteiger partial charge on any atom is 0.219 e. The average Bonchev–Trinajstić information content (AvgIpc) is 3.11. The number of hydrogen-bond donors (Lipinski definition) is 1. The van der Waals surface area contributed by atoms with Gasteiger partial charge in [-0.2, -0.15) is 0 Å². The number of carbonyl (C=O) groups is 1. The highest BCUT2D eigenvalue weighted by Gasteiger charge is 2.26. The van der Waals surface area contributed by atoms with Gasteiger partial charge in [0, 0.05) is 38.6 Å². The third-order valence-corrected chi connectivity index (χ3v) is 5.38. The fraction of sp³-hybridized carbons (Fsp3) is 0.632. The SMILES string of the molecule is CC(=O)N1CCC(NC[C@H](c2ccc(F)cc2)N2CCCC2)CC1. The van der Waals surface area contributed by atoms with E-state index in [0.29, 0.717) is 12.1 Å². The van der Waals surface area contributed by atoms with Crippen molar-refractivity contribution in [2.45, 2.75) is 44.7 Å². The van der Waals surface area contributed by atoms with E-state index < -0.39 is 0 Å². The first-order chi connectivity index (χ1) is 11.6. The Morgan fingerprint density at radius 1 is 1.17 bits per heavy atom. The topological polar surface area (TPSA) is 35.6 Å². The van der Waals surface area contributed by atoms with Crippen LogP contribution in [0.25, 0.3) is 0 Å². The summed E-state index contributed by atoms with van der Waals surface area (Å²) in [4.78, 5) is 15.9. The predicted molar refractivity (Wildman–Crippen MR) is 93.2 cm³/mol. The van der Waals surface area contributed by atoms with Crippen LogP contribution in [0, 0.1) is 5.82 Å². The Labute approximate surface area is 144 Å². The molecular weight excluding hydrogens is 305 g/mol. The molecule has 24 heavy (non-hydrogen) atoms. The monoisotopic (exact) mass is 333 g/mol. The van der Waals surface area contributed by atoms with E-state index in [1.807, 2.05) is 17.0 Å². The second-order valence-electron chi connectivity index (χ2n) is 7.00. The normalized spacial score (nSPS) is 21.2. The molecule has 0 radical (unpaired) electrons. The van der Waals surface area contributed by atoms with Crippen LogP contribution in [0.1, 0.15) is 44.2 Å². The molecule has 1 atom stereocenters. The van der Waals surface area contributed by atoms with E-state index in [4.69, 9.17) is 0 Å². The second-order valence-corrected chi connectivity index (χ2v) is 7.00. The second kappa shape index (κ2) is 8.08. The molecule has 2 heterocycles. The summed E-state index contributed by atoms with van der Waals surface area (Å²) < 4.78 is 13.2. The van der Waals surface area contributed by atoms with Crippen LogP contribution in [0.15, 0.2) is 24.3 Å². The Morgan fingerprint density at radius 3 is 2.38 bits per heavy atom. The van der Waals surface area contributed by atoms with Crippen LogP contribution < -0.4 is 5.32 Å². The molecule has 0 aliphatic carbocycles. The van der Waals surface area contributed by atoms with E-state index in [1.54, 1.807) is 19.1 Å². The molecule has 1 aromatic rings. The summed E-state index contributed by atoms with van der Waals surface area (Å²) in [7, 11) is 0. The molecule has 0 spiro atoms. The molecule has 1 amide bonds. The van der Waals surface area contributed by atoms with Gasteiger partial charge >= 0.3 is 0 Å². The number of rotatable bonds is 5. The zero-order chi connectivity index (χ0) is 16.9. The maximum absolute atomic E-state index is 13.2. The predicted octanol–water partition coefficient (Wildman–Crippen LogP) is 2.56. The van der Waals surface area contributed by atoms with Gasteiger partial charge in [0.2, 0.25) is 5.91 Å². The number of nitrogens with zero attached hydrogens (tertiary/aromatic N) is 2. The van der Waals surface area contributed by atoms with Crippen molar-refractivity contribution in [1.29, 1.82) is 0 Å². The molecule has 0 aromatic heterocycles. The highest BCUT2D eigenvalue weighted by molar-refractivity contribution is 5.73. The first-order valence-electron chi connectivity index (χ1n) is 9.12. The number of nitrogens with one attached hydrogen (secondary N) is 1. The number of benzene rings is 1. The van der Waals surface area contributed by atoms with Crippen LogP contribution in [-0.4, -0.2) is 54.5 Å². The van der Waals surface area contributed by atoms with Crippen molar-refractivity contribution in [2.75, 3.05) is 32.7 Å². The number of piperidine rings is 1. The Balaban J connectivity index is 1.58. The highest BCUT2D eigenvalue weighted by atomic mass is 19.1. The molecule has 1 aromatic carbocycles. The van der Waals surface area contributed by atoms with Gasteiger partial charge in [0.25, 0.3) is 0 Å². The molecule has 0 saturated carbocycles. The van der Waals surface area contributed by atoms with Crippen molar-refractivity contribution < 1.29 is 9.18 Å². The Bertz CT molecular complexity index is 534. The molecule has 0 unspecified atom stereocenters. The molecule has 2 saturated heterocycles. The molecule has 5 heteroatoms. The molecule has 2 aliphatic rings. The molecule has 1 N–H and O–H groups in total. The average molecular weight is 333 g/mol. The van der Waals surface area contributed by atoms with Crippen molar-refractivity contribution in [3.63, 3.8) is 0 Å². The maximum atomic E-state index is 13.2. The van der Waals surface area contributed by atoms with E-state index in [9.17, 15) is 9.18 Å². The number of amides is 1. The van der Waals surface area contributed by atoms with Gasteiger partial charge in [0.1, 0.15) is 5.82 Å². The lowest BCUT2D eigenvalue weighted by Gasteiger charge is -2.34. The number of hydrogen-bond acceptors (Lipinski definition) is 3. The van der Waals surface area contributed by atoms with Gasteiger partial charge < -0.3 is 10.2 Å². The van der Waals surface area contributed by atoms with Gasteiger partial charge in [-0.1, -0.05) is 12.1 Å². The van der Waals surface area contributed by atoms with E-state index in [-0.39, 0.29) is 11.7 Å². The lowest BCUT2D eigenvalue weighted by molar-refractivity contribution is -0.129. The summed E-state index contributed by atoms with van der Waals surface area (Å²) in [5.41, 5.74) is 1.19. The number of carbonyl (C=O) groups excluding carboxylic acids is 1. The van der Waals surface area contributed by atoms with Gasteiger partial charge in [-0.3, -0.25) is 9.69 Å². The van der Waals surface area contributed by atoms with Crippen molar-refractivity contribution in [1.82, 2.24) is 15.1 Å². The van der Waals surface area contributed by atoms with Gasteiger partial charge in [0.15, 0.2) is 0 Å². The standard InChI is InChI=1S/C19H28FN3O/c1-15(24)22-12-8-18(9-13-22)21-14-19(23-10-2-3-11-23)16-4-6-17(20)7-5-16/h4-7,18-19,21H,2-3,8-14H2,1H3/t19-/m1/s1. The zero-order valence-corrected chi connectivity index (χ0v) is 14.5. The Hall–Kier alpha value is -1.46. The molecule has 4 nitrogen and oxygen atoms in total. The smallest absolute Gasteiger partial charge is 0.219 e. The van der Waals surface area contributed by atoms with Crippen LogP contribution in [0.2, 0.25) is 0 Å². The highest BCUT2D eigenvalue weighted by Crippen LogP contribution is 2.25. The molecule has 2 aliphatic heterocycles. The minimum atomic E-state index is -0.177. The van der Waals surface area contributed by atoms with E-state index in [2.05, 4.69) is 10.2 Å². The van der Waals surface area contributed by atoms with Crippen LogP contribution >= 0.6 is 0 Å². The fourth-order valence-corrected chi connectivity index (χ4v) is 3.87. The largest absolute Gasteiger partial charge is 0.343 e. The third-order valence-electron chi connectivity index (χ3n) is 5.38. The van der Waals surface area contributed by atoms with Gasteiger partial charge in [-0.05, 0) is 56.5 Å². The van der Waals surface area contributed by atoms with Crippen molar-refractivity contribution in [3.8, 4) is 0 Å². The summed E-state index contributed by atoms with van der Waals surface area (Å²) >= 11 is 0. The molecule has 132 valence electrons. The van der Waals surface area contributed by atoms with E-state index in [1.165, 1.54) is 18.4 Å². The quantitative estimate of drug-likeness (QED) is 0.899. The summed E-state index contributed by atoms with van der Waals surface area (Å²) in [6.07, 6.45) is 4.51. The van der Waals surface area contributed by atoms with Gasteiger partial charge in [-0.25, -0.2) is 4.39 Å². The zero-order valence-electron chi connectivity index (χ0n) is 14.5. The summed E-state index contributed by atoms with van der Waals surface area (Å²) in [5.74, 6) is -0.00167. The minimum absolute atomic E-state index is 0.176. The first-order valence-corrected chi connectivity index (χ1v) is 9.12. The molecule has 0 bridgehead atoms. The van der Waals surface area contributed by atoms with Crippen LogP contribution in [-0.2, 0) is 4.79 Å². The van der Waals surface area contributed by atoms with Crippen LogP contribution in [0.3, 0.4) is 0 Å². The first kappa shape index (κ1) is 17.4. The number of halogens is 1. The molecule has 2 fully saturated rings. The van der Waals surface area contributed by atoms with Crippen LogP contribution in [0.4, 0.5) is 4.39 Å². The van der Waals surface area contributed by atoms with Crippen molar-refractivity contribution in [2.24, 2.45) is 0 Å². The summed E-state index contributed by atoms with van der Waals surface area (Å²) in [6, 6.07) is 7.72. The number of likely N-dealkylation sites (tertiary alicyclic amines) is 2. The third kappa shape index (κ3) is 4.33. The fourth-order valence-electron chi connectivity index (χ4n) is 3.87. The lowest BCUT2D eigenvalue weighted by atomic mass is 10.0. The van der Waals surface area contributed by atoms with Gasteiger partial charge in [0.05, 0.1) is 0 Å². The van der Waals surface area contributed by atoms with Crippen molar-refractivity contribution >= 4 is 5.91 Å². The summed E-state index contributed by atoms with van der Waals surface area (Å²) in [6.45, 7) is 6.46. The Morgan fingerprint density at radius 2 is 1.79 bits per heavy atom. The van der Waals surface area contributed by atoms with E-state index >= 15 is 0 Å². The molecule has 3 rings (SSSR count). The van der Waals surface area contributed by atoms with Crippen molar-refractivity contribution in [3.05, 3.63) is 35.6 Å². The van der Waals surface area contributed by atoms with Gasteiger partial charge in [-0.15, -0.1) is 0 Å². The van der Waals surface area contributed by atoms with Crippen LogP contribution in [0.5, 0.6) is 0 Å².